The van der Waals surface area contributed by atoms with E-state index in [0.29, 0.717) is 19.8 Å². The molecule has 142 valence electrons. The number of allylic oxidation sites excluding steroid dienone is 1. The minimum absolute atomic E-state index is 0.0583. The van der Waals surface area contributed by atoms with E-state index in [2.05, 4.69) is 4.90 Å². The van der Waals surface area contributed by atoms with Crippen LogP contribution in [0.1, 0.15) is 36.2 Å². The molecule has 1 heterocycles. The Morgan fingerprint density at radius 3 is 2.54 bits per heavy atom. The lowest BCUT2D eigenvalue weighted by Gasteiger charge is -2.26. The van der Waals surface area contributed by atoms with Gasteiger partial charge >= 0.3 is 5.97 Å². The van der Waals surface area contributed by atoms with Gasteiger partial charge in [0.25, 0.3) is 0 Å². The van der Waals surface area contributed by atoms with Gasteiger partial charge in [-0.2, -0.15) is 0 Å². The van der Waals surface area contributed by atoms with Crippen LogP contribution in [0.3, 0.4) is 0 Å². The third-order valence-corrected chi connectivity index (χ3v) is 4.14. The highest BCUT2D eigenvalue weighted by Gasteiger charge is 2.27. The number of morpholine rings is 1. The molecule has 1 fully saturated rings. The maximum atomic E-state index is 14.3. The molecule has 2 rings (SSSR count). The Bertz CT molecular complexity index is 695. The first-order valence-electron chi connectivity index (χ1n) is 8.70. The van der Waals surface area contributed by atoms with Gasteiger partial charge in [0.15, 0.2) is 0 Å². The number of benzene rings is 1. The Balaban J connectivity index is 2.34. The number of ether oxygens (including phenoxy) is 2. The van der Waals surface area contributed by atoms with Crippen molar-refractivity contribution in [1.29, 1.82) is 0 Å². The van der Waals surface area contributed by atoms with Gasteiger partial charge < -0.3 is 14.6 Å². The third-order valence-electron chi connectivity index (χ3n) is 4.14. The molecule has 0 amide bonds. The van der Waals surface area contributed by atoms with E-state index in [0.717, 1.165) is 18.7 Å². The number of carbonyl (C=O) groups is 2. The van der Waals surface area contributed by atoms with Crippen LogP contribution in [-0.4, -0.2) is 54.7 Å². The fourth-order valence-electron chi connectivity index (χ4n) is 2.87. The van der Waals surface area contributed by atoms with E-state index in [9.17, 15) is 19.1 Å². The number of carboxylic acids is 1. The number of Topliss-reactive ketones (excluding diaryl/α,β-unsaturated/α-hetero) is 1. The molecule has 7 heteroatoms. The van der Waals surface area contributed by atoms with E-state index in [1.54, 1.807) is 19.9 Å². The highest BCUT2D eigenvalue weighted by molar-refractivity contribution is 6.24. The number of nitrogens with zero attached hydrogens (tertiary/aromatic N) is 1. The quantitative estimate of drug-likeness (QED) is 0.251. The van der Waals surface area contributed by atoms with Crippen LogP contribution < -0.4 is 0 Å². The number of hydrogen-bond donors (Lipinski definition) is 1. The summed E-state index contributed by atoms with van der Waals surface area (Å²) in [5, 5.41) is 9.45. The summed E-state index contributed by atoms with van der Waals surface area (Å²) in [4.78, 5) is 26.5. The van der Waals surface area contributed by atoms with Crippen LogP contribution in [0.4, 0.5) is 4.39 Å². The van der Waals surface area contributed by atoms with Gasteiger partial charge in [-0.05, 0) is 24.6 Å². The van der Waals surface area contributed by atoms with Crippen molar-refractivity contribution >= 4 is 11.8 Å². The maximum Gasteiger partial charge on any atom is 0.343 e. The zero-order valence-corrected chi connectivity index (χ0v) is 15.1. The number of aliphatic carboxylic acids is 1. The van der Waals surface area contributed by atoms with Gasteiger partial charge in [0.2, 0.25) is 5.78 Å². The van der Waals surface area contributed by atoms with Crippen molar-refractivity contribution in [2.75, 3.05) is 32.9 Å². The van der Waals surface area contributed by atoms with Gasteiger partial charge in [-0.25, -0.2) is 9.18 Å². The van der Waals surface area contributed by atoms with Crippen molar-refractivity contribution in [1.82, 2.24) is 4.90 Å². The van der Waals surface area contributed by atoms with E-state index in [4.69, 9.17) is 9.47 Å². The molecular weight excluding hydrogens is 341 g/mol. The first kappa shape index (κ1) is 20.1. The molecule has 26 heavy (non-hydrogen) atoms. The van der Waals surface area contributed by atoms with Gasteiger partial charge in [0.1, 0.15) is 17.1 Å². The molecule has 6 nitrogen and oxygen atoms in total. The molecule has 1 aromatic carbocycles. The van der Waals surface area contributed by atoms with Crippen molar-refractivity contribution in [3.8, 4) is 0 Å². The van der Waals surface area contributed by atoms with Crippen LogP contribution in [0.5, 0.6) is 0 Å². The molecule has 1 aliphatic rings. The van der Waals surface area contributed by atoms with Crippen LogP contribution in [-0.2, 0) is 20.8 Å². The van der Waals surface area contributed by atoms with Crippen molar-refractivity contribution in [3.05, 3.63) is 46.5 Å². The highest BCUT2D eigenvalue weighted by atomic mass is 19.1. The Morgan fingerprint density at radius 1 is 1.27 bits per heavy atom. The molecule has 1 saturated heterocycles. The fourth-order valence-corrected chi connectivity index (χ4v) is 2.87. The average Bonchev–Trinajstić information content (AvgIpc) is 2.63. The number of halogens is 1. The van der Waals surface area contributed by atoms with Crippen LogP contribution >= 0.6 is 0 Å². The third kappa shape index (κ3) is 4.89. The number of carboxylic acid groups (broad SMARTS) is 1. The molecule has 0 aliphatic carbocycles. The van der Waals surface area contributed by atoms with Gasteiger partial charge in [-0.1, -0.05) is 13.0 Å². The summed E-state index contributed by atoms with van der Waals surface area (Å²) in [6, 6.07) is 4.24. The molecule has 0 radical (unpaired) electrons. The Labute approximate surface area is 152 Å². The van der Waals surface area contributed by atoms with Crippen LogP contribution in [0.25, 0.3) is 0 Å². The Kier molecular flexibility index (Phi) is 7.29. The Hall–Kier alpha value is -2.25. The minimum Gasteiger partial charge on any atom is -0.497 e. The van der Waals surface area contributed by atoms with Gasteiger partial charge in [-0.3, -0.25) is 9.69 Å². The first-order valence-corrected chi connectivity index (χ1v) is 8.70. The summed E-state index contributed by atoms with van der Waals surface area (Å²) in [5.74, 6) is -2.98. The SMILES string of the molecule is CCOC(CC)=C(C(=O)O)C(=O)c1cc(CN2CCOCC2)ccc1F. The van der Waals surface area contributed by atoms with E-state index >= 15 is 0 Å². The normalized spacial score (nSPS) is 16.1. The van der Waals surface area contributed by atoms with E-state index < -0.39 is 23.1 Å². The van der Waals surface area contributed by atoms with Crippen molar-refractivity contribution in [2.24, 2.45) is 0 Å². The number of hydrogen-bond acceptors (Lipinski definition) is 5. The lowest BCUT2D eigenvalue weighted by atomic mass is 9.98. The molecule has 1 aliphatic heterocycles. The van der Waals surface area contributed by atoms with Gasteiger partial charge in [-0.15, -0.1) is 0 Å². The van der Waals surface area contributed by atoms with E-state index in [-0.39, 0.29) is 24.4 Å². The number of ketones is 1. The monoisotopic (exact) mass is 365 g/mol. The summed E-state index contributed by atoms with van der Waals surface area (Å²) >= 11 is 0. The summed E-state index contributed by atoms with van der Waals surface area (Å²) in [6.07, 6.45) is 0.232. The molecular formula is C19H24FNO5. The van der Waals surface area contributed by atoms with Crippen LogP contribution in [0, 0.1) is 5.82 Å². The summed E-state index contributed by atoms with van der Waals surface area (Å²) in [7, 11) is 0. The predicted molar refractivity (Wildman–Crippen MR) is 93.4 cm³/mol. The smallest absolute Gasteiger partial charge is 0.343 e. The van der Waals surface area contributed by atoms with Crippen LogP contribution in [0.2, 0.25) is 0 Å². The minimum atomic E-state index is -1.42. The molecule has 0 aromatic heterocycles. The average molecular weight is 365 g/mol. The van der Waals surface area contributed by atoms with E-state index in [1.165, 1.54) is 12.1 Å². The molecule has 1 N–H and O–H groups in total. The molecule has 0 atom stereocenters. The number of rotatable bonds is 8. The summed E-state index contributed by atoms with van der Waals surface area (Å²) in [6.45, 7) is 6.93. The largest absolute Gasteiger partial charge is 0.497 e. The van der Waals surface area contributed by atoms with E-state index in [1.807, 2.05) is 0 Å². The van der Waals surface area contributed by atoms with Gasteiger partial charge in [0.05, 0.1) is 25.4 Å². The Morgan fingerprint density at radius 2 is 1.96 bits per heavy atom. The summed E-state index contributed by atoms with van der Waals surface area (Å²) < 4.78 is 24.8. The van der Waals surface area contributed by atoms with Crippen LogP contribution in [0.15, 0.2) is 29.5 Å². The second-order valence-electron chi connectivity index (χ2n) is 5.92. The second-order valence-corrected chi connectivity index (χ2v) is 5.92. The second kappa shape index (κ2) is 9.45. The zero-order valence-electron chi connectivity index (χ0n) is 15.1. The molecule has 0 unspecified atom stereocenters. The van der Waals surface area contributed by atoms with Crippen molar-refractivity contribution < 1.29 is 28.6 Å². The summed E-state index contributed by atoms with van der Waals surface area (Å²) in [5.41, 5.74) is -0.0218. The zero-order chi connectivity index (χ0) is 19.1. The molecule has 1 aromatic rings. The first-order chi connectivity index (χ1) is 12.5. The van der Waals surface area contributed by atoms with Crippen molar-refractivity contribution in [3.63, 3.8) is 0 Å². The molecule has 0 bridgehead atoms. The maximum absolute atomic E-state index is 14.3. The lowest BCUT2D eigenvalue weighted by molar-refractivity contribution is -0.132. The molecule has 0 spiro atoms. The van der Waals surface area contributed by atoms with Crippen molar-refractivity contribution in [2.45, 2.75) is 26.8 Å². The molecule has 0 saturated carbocycles. The topological polar surface area (TPSA) is 76.1 Å². The predicted octanol–water partition coefficient (Wildman–Crippen LogP) is 2.63. The highest BCUT2D eigenvalue weighted by Crippen LogP contribution is 2.21. The fraction of sp³-hybridized carbons (Fsp3) is 0.474. The van der Waals surface area contributed by atoms with Gasteiger partial charge in [0, 0.05) is 26.1 Å². The lowest BCUT2D eigenvalue weighted by Crippen LogP contribution is -2.35. The standard InChI is InChI=1S/C19H24FNO5/c1-3-16(26-4-2)17(19(23)24)18(22)14-11-13(5-6-15(14)20)12-21-7-9-25-10-8-21/h5-6,11H,3-4,7-10,12H2,1-2H3,(H,23,24). The number of carbonyl (C=O) groups excluding carboxylic acids is 1.